The van der Waals surface area contributed by atoms with Crippen LogP contribution in [0.3, 0.4) is 0 Å². The van der Waals surface area contributed by atoms with Gasteiger partial charge in [0.2, 0.25) is 11.8 Å². The average molecular weight is 617 g/mol. The fourth-order valence-electron chi connectivity index (χ4n) is 5.61. The van der Waals surface area contributed by atoms with Crippen molar-refractivity contribution in [3.05, 3.63) is 0 Å². The van der Waals surface area contributed by atoms with Gasteiger partial charge in [0.25, 0.3) is 0 Å². The summed E-state index contributed by atoms with van der Waals surface area (Å²) in [4.78, 5) is 24.6. The zero-order valence-electron chi connectivity index (χ0n) is 28.7. The van der Waals surface area contributed by atoms with Crippen LogP contribution in [0.5, 0.6) is 0 Å². The van der Waals surface area contributed by atoms with Crippen LogP contribution < -0.4 is 10.6 Å². The topological polar surface area (TPSA) is 85.9 Å². The third-order valence-electron chi connectivity index (χ3n) is 8.52. The molecule has 0 unspecified atom stereocenters. The van der Waals surface area contributed by atoms with E-state index in [0.717, 1.165) is 75.1 Å². The molecule has 0 saturated carbocycles. The molecule has 0 aliphatic carbocycles. The number of unbranched alkanes of at least 4 members (excludes halogenated alkanes) is 12. The first-order valence-electron chi connectivity index (χ1n) is 17.3. The maximum Gasteiger partial charge on any atom is 0.500 e. The van der Waals surface area contributed by atoms with Gasteiger partial charge in [0.05, 0.1) is 26.7 Å². The molecule has 42 heavy (non-hydrogen) atoms. The Morgan fingerprint density at radius 1 is 0.548 bits per heavy atom. The van der Waals surface area contributed by atoms with Crippen LogP contribution in [0.25, 0.3) is 0 Å². The van der Waals surface area contributed by atoms with Crippen molar-refractivity contribution in [3.8, 4) is 0 Å². The van der Waals surface area contributed by atoms with Gasteiger partial charge in [-0.2, -0.15) is 0 Å². The summed E-state index contributed by atoms with van der Waals surface area (Å²) in [5, 5.41) is 6.27. The molecule has 0 aromatic carbocycles. The molecule has 0 aromatic heterocycles. The molecule has 0 aromatic rings. The highest BCUT2D eigenvalue weighted by Gasteiger charge is 2.38. The van der Waals surface area contributed by atoms with E-state index in [1.165, 1.54) is 64.2 Å². The molecule has 0 saturated heterocycles. The molecule has 2 N–H and O–H groups in total. The van der Waals surface area contributed by atoms with Gasteiger partial charge in [-0.1, -0.05) is 90.9 Å². The van der Waals surface area contributed by atoms with E-state index in [0.29, 0.717) is 25.9 Å². The van der Waals surface area contributed by atoms with Gasteiger partial charge in [-0.3, -0.25) is 9.59 Å². The number of hydrogen-bond acceptors (Lipinski definition) is 5. The van der Waals surface area contributed by atoms with Crippen LogP contribution in [0.4, 0.5) is 0 Å². The van der Waals surface area contributed by atoms with E-state index in [9.17, 15) is 9.59 Å². The van der Waals surface area contributed by atoms with Crippen molar-refractivity contribution >= 4 is 20.6 Å². The molecule has 0 heterocycles. The summed E-state index contributed by atoms with van der Waals surface area (Å²) in [6, 6.07) is 0.773. The first-order valence-corrected chi connectivity index (χ1v) is 19.3. The molecule has 0 bridgehead atoms. The van der Waals surface area contributed by atoms with Gasteiger partial charge >= 0.3 is 8.80 Å². The number of quaternary nitrogens is 1. The molecule has 0 fully saturated rings. The SMILES string of the molecule is CCCCCCCCCC(=O)NCCC[N+](C)(CCCNC(=O)CCCCCCCCC)CCC[Si](OC)(OC)OC. The highest BCUT2D eigenvalue weighted by atomic mass is 28.4. The van der Waals surface area contributed by atoms with Gasteiger partial charge in [-0.15, -0.1) is 0 Å². The molecule has 0 aliphatic rings. The monoisotopic (exact) mass is 617 g/mol. The second kappa shape index (κ2) is 27.5. The molecule has 0 atom stereocenters. The van der Waals surface area contributed by atoms with Crippen molar-refractivity contribution in [1.29, 1.82) is 0 Å². The Morgan fingerprint density at radius 3 is 1.29 bits per heavy atom. The van der Waals surface area contributed by atoms with Gasteiger partial charge in [0.1, 0.15) is 0 Å². The molecule has 0 spiro atoms. The lowest BCUT2D eigenvalue weighted by molar-refractivity contribution is -0.909. The van der Waals surface area contributed by atoms with E-state index >= 15 is 0 Å². The number of amides is 2. The molecule has 0 rings (SSSR count). The summed E-state index contributed by atoms with van der Waals surface area (Å²) in [5.41, 5.74) is 0. The van der Waals surface area contributed by atoms with Crippen molar-refractivity contribution in [2.24, 2.45) is 0 Å². The van der Waals surface area contributed by atoms with E-state index in [1.54, 1.807) is 21.3 Å². The third-order valence-corrected chi connectivity index (χ3v) is 11.4. The lowest BCUT2D eigenvalue weighted by Crippen LogP contribution is -2.49. The minimum absolute atomic E-state index is 0.178. The summed E-state index contributed by atoms with van der Waals surface area (Å²) in [6.45, 7) is 8.83. The Labute approximate surface area is 261 Å². The quantitative estimate of drug-likeness (QED) is 0.0498. The fraction of sp³-hybridized carbons (Fsp3) is 0.939. The summed E-state index contributed by atoms with van der Waals surface area (Å²) >= 11 is 0. The number of hydrogen-bond donors (Lipinski definition) is 2. The molecule has 0 radical (unpaired) electrons. The van der Waals surface area contributed by atoms with E-state index in [-0.39, 0.29) is 11.8 Å². The summed E-state index contributed by atoms with van der Waals surface area (Å²) in [7, 11) is 4.68. The van der Waals surface area contributed by atoms with Crippen molar-refractivity contribution < 1.29 is 27.4 Å². The van der Waals surface area contributed by atoms with Gasteiger partial charge in [-0.25, -0.2) is 0 Å². The maximum atomic E-state index is 12.3. The molecule has 2 amide bonds. The number of carbonyl (C=O) groups excluding carboxylic acids is 2. The lowest BCUT2D eigenvalue weighted by Gasteiger charge is -2.36. The van der Waals surface area contributed by atoms with Gasteiger partial charge < -0.3 is 28.4 Å². The predicted molar refractivity (Wildman–Crippen MR) is 177 cm³/mol. The number of rotatable bonds is 31. The third kappa shape index (κ3) is 22.5. The zero-order chi connectivity index (χ0) is 31.4. The first-order chi connectivity index (χ1) is 20.3. The van der Waals surface area contributed by atoms with Crippen LogP contribution in [0.1, 0.15) is 136 Å². The van der Waals surface area contributed by atoms with E-state index < -0.39 is 8.80 Å². The van der Waals surface area contributed by atoms with Crippen molar-refractivity contribution in [2.75, 3.05) is 61.1 Å². The summed E-state index contributed by atoms with van der Waals surface area (Å²) in [6.07, 6.45) is 21.2. The molecule has 250 valence electrons. The Morgan fingerprint density at radius 2 is 0.905 bits per heavy atom. The summed E-state index contributed by atoms with van der Waals surface area (Å²) < 4.78 is 17.8. The first kappa shape index (κ1) is 41.0. The van der Waals surface area contributed by atoms with E-state index in [2.05, 4.69) is 31.5 Å². The Kier molecular flexibility index (Phi) is 26.9. The van der Waals surface area contributed by atoms with Crippen LogP contribution in [0.2, 0.25) is 6.04 Å². The highest BCUT2D eigenvalue weighted by Crippen LogP contribution is 2.18. The Bertz CT molecular complexity index is 603. The van der Waals surface area contributed by atoms with Crippen LogP contribution in [0.15, 0.2) is 0 Å². The van der Waals surface area contributed by atoms with Crippen molar-refractivity contribution in [2.45, 2.75) is 142 Å². The average Bonchev–Trinajstić information content (AvgIpc) is 2.99. The highest BCUT2D eigenvalue weighted by molar-refractivity contribution is 6.60. The van der Waals surface area contributed by atoms with E-state index in [4.69, 9.17) is 13.3 Å². The second-order valence-electron chi connectivity index (χ2n) is 12.3. The minimum atomic E-state index is -2.60. The van der Waals surface area contributed by atoms with Crippen LogP contribution in [-0.2, 0) is 22.9 Å². The second-order valence-corrected chi connectivity index (χ2v) is 15.4. The standard InChI is InChI=1S/C33H69N3O5Si/c1-7-9-11-13-15-17-19-24-32(37)34-26-21-28-36(3,30-23-31-42(39-4,40-5)41-6)29-22-27-35-33(38)25-20-18-16-14-12-10-8-2/h7-31H2,1-6H3,(H-,34,35,37,38)/p+1. The molecule has 0 aliphatic heterocycles. The maximum absolute atomic E-state index is 12.3. The lowest BCUT2D eigenvalue weighted by atomic mass is 10.1. The molecular weight excluding hydrogens is 546 g/mol. The van der Waals surface area contributed by atoms with Crippen molar-refractivity contribution in [1.82, 2.24) is 10.6 Å². The Hall–Kier alpha value is -1.00. The largest absolute Gasteiger partial charge is 0.500 e. The molecule has 8 nitrogen and oxygen atoms in total. The zero-order valence-corrected chi connectivity index (χ0v) is 29.7. The number of carbonyl (C=O) groups is 2. The minimum Gasteiger partial charge on any atom is -0.377 e. The molecule has 9 heteroatoms. The summed E-state index contributed by atoms with van der Waals surface area (Å²) in [5.74, 6) is 0.356. The van der Waals surface area contributed by atoms with Gasteiger partial charge in [-0.05, 0) is 12.8 Å². The fourth-order valence-corrected chi connectivity index (χ4v) is 7.31. The number of nitrogens with one attached hydrogen (secondary N) is 2. The van der Waals surface area contributed by atoms with Crippen LogP contribution in [-0.4, -0.2) is 86.2 Å². The van der Waals surface area contributed by atoms with Crippen LogP contribution >= 0.6 is 0 Å². The number of nitrogens with zero attached hydrogens (tertiary/aromatic N) is 1. The predicted octanol–water partition coefficient (Wildman–Crippen LogP) is 7.00. The smallest absolute Gasteiger partial charge is 0.377 e. The van der Waals surface area contributed by atoms with Crippen molar-refractivity contribution in [3.63, 3.8) is 0 Å². The van der Waals surface area contributed by atoms with Gasteiger partial charge in [0, 0.05) is 72.6 Å². The Balaban J connectivity index is 4.49. The van der Waals surface area contributed by atoms with Gasteiger partial charge in [0.15, 0.2) is 0 Å². The van der Waals surface area contributed by atoms with Crippen LogP contribution in [0, 0.1) is 0 Å². The molecular formula is C33H70N3O5Si+. The normalized spacial score (nSPS) is 12.0. The van der Waals surface area contributed by atoms with E-state index in [1.807, 2.05) is 0 Å².